The Morgan fingerprint density at radius 2 is 2.00 bits per heavy atom. The van der Waals surface area contributed by atoms with Gasteiger partial charge in [0.15, 0.2) is 0 Å². The van der Waals surface area contributed by atoms with Crippen LogP contribution in [-0.4, -0.2) is 18.1 Å². The smallest absolute Gasteiger partial charge is 0.119 e. The van der Waals surface area contributed by atoms with Gasteiger partial charge in [-0.2, -0.15) is 0 Å². The molecule has 0 aliphatic rings. The predicted octanol–water partition coefficient (Wildman–Crippen LogP) is 3.88. The highest BCUT2D eigenvalue weighted by Gasteiger charge is 2.05. The molecule has 0 unspecified atom stereocenters. The van der Waals surface area contributed by atoms with Gasteiger partial charge in [0.2, 0.25) is 0 Å². The second-order valence-corrected chi connectivity index (χ2v) is 5.69. The first-order valence-electron chi connectivity index (χ1n) is 7.21. The zero-order valence-electron chi connectivity index (χ0n) is 12.0. The molecule has 108 valence electrons. The lowest BCUT2D eigenvalue weighted by molar-refractivity contribution is 0.317. The number of aromatic nitrogens is 1. The van der Waals surface area contributed by atoms with Crippen molar-refractivity contribution in [3.63, 3.8) is 0 Å². The zero-order chi connectivity index (χ0) is 14.2. The van der Waals surface area contributed by atoms with Crippen LogP contribution in [0.1, 0.15) is 31.2 Å². The van der Waals surface area contributed by atoms with Crippen molar-refractivity contribution in [1.82, 2.24) is 4.98 Å². The molecule has 0 aliphatic heterocycles. The van der Waals surface area contributed by atoms with Crippen molar-refractivity contribution < 1.29 is 4.74 Å². The molecular weight excluding hydrogens is 268 g/mol. The average Bonchev–Trinajstić information content (AvgIpc) is 2.95. The second kappa shape index (κ2) is 8.02. The van der Waals surface area contributed by atoms with Gasteiger partial charge in [0.05, 0.1) is 17.3 Å². The first kappa shape index (κ1) is 15.0. The fraction of sp³-hybridized carbons (Fsp3) is 0.438. The Bertz CT molecular complexity index is 507. The lowest BCUT2D eigenvalue weighted by Gasteiger charge is -2.04. The summed E-state index contributed by atoms with van der Waals surface area (Å²) in [7, 11) is 0. The van der Waals surface area contributed by atoms with Gasteiger partial charge < -0.3 is 10.5 Å². The minimum Gasteiger partial charge on any atom is -0.494 e. The fourth-order valence-electron chi connectivity index (χ4n) is 1.92. The van der Waals surface area contributed by atoms with Crippen molar-refractivity contribution in [3.8, 4) is 17.0 Å². The number of ether oxygens (including phenoxy) is 1. The molecule has 1 aromatic carbocycles. The predicted molar refractivity (Wildman–Crippen MR) is 85.3 cm³/mol. The van der Waals surface area contributed by atoms with E-state index in [0.717, 1.165) is 55.8 Å². The van der Waals surface area contributed by atoms with Gasteiger partial charge in [0, 0.05) is 10.9 Å². The second-order valence-electron chi connectivity index (χ2n) is 4.75. The summed E-state index contributed by atoms with van der Waals surface area (Å²) in [5.41, 5.74) is 7.71. The molecule has 2 aromatic rings. The van der Waals surface area contributed by atoms with Gasteiger partial charge in [-0.1, -0.05) is 6.92 Å². The molecule has 2 N–H and O–H groups in total. The standard InChI is InChI=1S/C16H22N2OS/c1-2-11-19-14-8-6-13(7-9-14)15-12-20-16(18-15)5-3-4-10-17/h6-9,12H,2-5,10-11,17H2,1H3. The summed E-state index contributed by atoms with van der Waals surface area (Å²) in [6.07, 6.45) is 4.24. The maximum absolute atomic E-state index is 5.59. The largest absolute Gasteiger partial charge is 0.494 e. The van der Waals surface area contributed by atoms with Gasteiger partial charge in [0.25, 0.3) is 0 Å². The average molecular weight is 290 g/mol. The minimum atomic E-state index is 0.761. The summed E-state index contributed by atoms with van der Waals surface area (Å²) in [4.78, 5) is 4.68. The lowest BCUT2D eigenvalue weighted by atomic mass is 10.1. The van der Waals surface area contributed by atoms with E-state index in [1.165, 1.54) is 5.01 Å². The molecule has 0 aliphatic carbocycles. The minimum absolute atomic E-state index is 0.761. The van der Waals surface area contributed by atoms with E-state index in [0.29, 0.717) is 0 Å². The summed E-state index contributed by atoms with van der Waals surface area (Å²) in [6.45, 7) is 3.63. The maximum Gasteiger partial charge on any atom is 0.119 e. The van der Waals surface area contributed by atoms with Crippen LogP contribution in [0.2, 0.25) is 0 Å². The first-order valence-corrected chi connectivity index (χ1v) is 8.09. The highest BCUT2D eigenvalue weighted by atomic mass is 32.1. The molecule has 0 radical (unpaired) electrons. The van der Waals surface area contributed by atoms with Crippen LogP contribution in [0.25, 0.3) is 11.3 Å². The summed E-state index contributed by atoms with van der Waals surface area (Å²) in [6, 6.07) is 8.17. The summed E-state index contributed by atoms with van der Waals surface area (Å²) in [5.74, 6) is 0.925. The number of unbranched alkanes of at least 4 members (excludes halogenated alkanes) is 1. The fourth-order valence-corrected chi connectivity index (χ4v) is 2.77. The van der Waals surface area contributed by atoms with Crippen LogP contribution in [0.5, 0.6) is 5.75 Å². The molecule has 1 heterocycles. The Morgan fingerprint density at radius 1 is 1.20 bits per heavy atom. The van der Waals surface area contributed by atoms with Crippen LogP contribution >= 0.6 is 11.3 Å². The summed E-state index contributed by atoms with van der Waals surface area (Å²) < 4.78 is 5.59. The molecule has 4 heteroatoms. The number of rotatable bonds is 8. The van der Waals surface area contributed by atoms with E-state index >= 15 is 0 Å². The highest BCUT2D eigenvalue weighted by Crippen LogP contribution is 2.25. The molecule has 0 atom stereocenters. The number of hydrogen-bond acceptors (Lipinski definition) is 4. The molecule has 2 rings (SSSR count). The Labute approximate surface area is 124 Å². The summed E-state index contributed by atoms with van der Waals surface area (Å²) in [5, 5.41) is 3.32. The van der Waals surface area contributed by atoms with Gasteiger partial charge in [0.1, 0.15) is 5.75 Å². The van der Waals surface area contributed by atoms with Crippen molar-refractivity contribution in [2.24, 2.45) is 5.73 Å². The quantitative estimate of drug-likeness (QED) is 0.751. The van der Waals surface area contributed by atoms with E-state index in [1.54, 1.807) is 11.3 Å². The highest BCUT2D eigenvalue weighted by molar-refractivity contribution is 7.09. The van der Waals surface area contributed by atoms with Crippen LogP contribution in [0.4, 0.5) is 0 Å². The normalized spacial score (nSPS) is 10.7. The van der Waals surface area contributed by atoms with Crippen molar-refractivity contribution in [2.45, 2.75) is 32.6 Å². The van der Waals surface area contributed by atoms with Crippen LogP contribution in [0.3, 0.4) is 0 Å². The lowest BCUT2D eigenvalue weighted by Crippen LogP contribution is -1.98. The number of aryl methyl sites for hydroxylation is 1. The molecule has 1 aromatic heterocycles. The molecule has 3 nitrogen and oxygen atoms in total. The van der Waals surface area contributed by atoms with Crippen molar-refractivity contribution >= 4 is 11.3 Å². The Morgan fingerprint density at radius 3 is 2.70 bits per heavy atom. The van der Waals surface area contributed by atoms with E-state index in [4.69, 9.17) is 10.5 Å². The van der Waals surface area contributed by atoms with Gasteiger partial charge in [-0.05, 0) is 56.5 Å². The van der Waals surface area contributed by atoms with E-state index < -0.39 is 0 Å². The zero-order valence-corrected chi connectivity index (χ0v) is 12.8. The van der Waals surface area contributed by atoms with Crippen LogP contribution in [0.15, 0.2) is 29.6 Å². The molecule has 0 spiro atoms. The molecule has 20 heavy (non-hydrogen) atoms. The SMILES string of the molecule is CCCOc1ccc(-c2csc(CCCCN)n2)cc1. The van der Waals surface area contributed by atoms with Gasteiger partial charge >= 0.3 is 0 Å². The molecule has 0 amide bonds. The Hall–Kier alpha value is -1.39. The van der Waals surface area contributed by atoms with Crippen LogP contribution in [-0.2, 0) is 6.42 Å². The van der Waals surface area contributed by atoms with Gasteiger partial charge in [-0.25, -0.2) is 4.98 Å². The topological polar surface area (TPSA) is 48.1 Å². The van der Waals surface area contributed by atoms with Gasteiger partial charge in [-0.15, -0.1) is 11.3 Å². The van der Waals surface area contributed by atoms with Crippen molar-refractivity contribution in [3.05, 3.63) is 34.7 Å². The van der Waals surface area contributed by atoms with E-state index in [1.807, 2.05) is 12.1 Å². The Kier molecular flexibility index (Phi) is 6.02. The third-order valence-electron chi connectivity index (χ3n) is 3.02. The number of nitrogens with zero attached hydrogens (tertiary/aromatic N) is 1. The molecule has 0 fully saturated rings. The van der Waals surface area contributed by atoms with E-state index in [-0.39, 0.29) is 0 Å². The number of hydrogen-bond donors (Lipinski definition) is 1. The maximum atomic E-state index is 5.59. The Balaban J connectivity index is 1.97. The van der Waals surface area contributed by atoms with E-state index in [9.17, 15) is 0 Å². The number of nitrogens with two attached hydrogens (primary N) is 1. The third kappa shape index (κ3) is 4.32. The summed E-state index contributed by atoms with van der Waals surface area (Å²) >= 11 is 1.73. The van der Waals surface area contributed by atoms with Crippen molar-refractivity contribution in [2.75, 3.05) is 13.2 Å². The number of thiazole rings is 1. The van der Waals surface area contributed by atoms with Gasteiger partial charge in [-0.3, -0.25) is 0 Å². The van der Waals surface area contributed by atoms with Crippen LogP contribution < -0.4 is 10.5 Å². The number of benzene rings is 1. The molecule has 0 saturated heterocycles. The molecule has 0 saturated carbocycles. The van der Waals surface area contributed by atoms with E-state index in [2.05, 4.69) is 29.4 Å². The third-order valence-corrected chi connectivity index (χ3v) is 3.93. The first-order chi connectivity index (χ1) is 9.83. The van der Waals surface area contributed by atoms with Crippen molar-refractivity contribution in [1.29, 1.82) is 0 Å². The van der Waals surface area contributed by atoms with Crippen LogP contribution in [0, 0.1) is 0 Å². The molecular formula is C16H22N2OS. The molecule has 0 bridgehead atoms. The monoisotopic (exact) mass is 290 g/mol.